The number of carbonyl (C=O) groups excluding carboxylic acids is 1. The Labute approximate surface area is 124 Å². The number of halogens is 1. The molecule has 3 rings (SSSR count). The van der Waals surface area contributed by atoms with Crippen molar-refractivity contribution in [1.29, 1.82) is 0 Å². The van der Waals surface area contributed by atoms with E-state index in [4.69, 9.17) is 0 Å². The second-order valence-corrected chi connectivity index (χ2v) is 5.36. The van der Waals surface area contributed by atoms with Crippen molar-refractivity contribution in [2.45, 2.75) is 6.92 Å². The summed E-state index contributed by atoms with van der Waals surface area (Å²) in [5.41, 5.74) is 2.60. The van der Waals surface area contributed by atoms with Crippen LogP contribution in [0.5, 0.6) is 0 Å². The first-order valence-corrected chi connectivity index (χ1v) is 6.95. The molecule has 100 valence electrons. The minimum atomic E-state index is -0.270. The summed E-state index contributed by atoms with van der Waals surface area (Å²) in [6.07, 6.45) is 1.68. The number of benzene rings is 2. The molecule has 0 saturated carbocycles. The van der Waals surface area contributed by atoms with Gasteiger partial charge in [0.15, 0.2) is 0 Å². The van der Waals surface area contributed by atoms with Crippen molar-refractivity contribution in [3.05, 3.63) is 58.7 Å². The molecule has 2 aromatic carbocycles. The number of anilines is 1. The SMILES string of the molecule is Cc1cc(NC(=O)n2ncc3ccccc32)ccc1Br. The van der Waals surface area contributed by atoms with Crippen LogP contribution in [0.15, 0.2) is 53.1 Å². The smallest absolute Gasteiger partial charge is 0.306 e. The van der Waals surface area contributed by atoms with Gasteiger partial charge in [0.25, 0.3) is 0 Å². The lowest BCUT2D eigenvalue weighted by Gasteiger charge is -2.07. The third-order valence-electron chi connectivity index (χ3n) is 3.08. The number of carbonyl (C=O) groups is 1. The van der Waals surface area contributed by atoms with E-state index in [1.165, 1.54) is 4.68 Å². The Morgan fingerprint density at radius 3 is 2.85 bits per heavy atom. The van der Waals surface area contributed by atoms with E-state index in [0.717, 1.165) is 26.6 Å². The highest BCUT2D eigenvalue weighted by Gasteiger charge is 2.10. The fraction of sp³-hybridized carbons (Fsp3) is 0.0667. The zero-order valence-electron chi connectivity index (χ0n) is 10.8. The Hall–Kier alpha value is -2.14. The lowest BCUT2D eigenvalue weighted by molar-refractivity contribution is 0.252. The Balaban J connectivity index is 1.91. The lowest BCUT2D eigenvalue weighted by Crippen LogP contribution is -2.20. The molecule has 1 heterocycles. The summed E-state index contributed by atoms with van der Waals surface area (Å²) < 4.78 is 2.38. The van der Waals surface area contributed by atoms with Crippen LogP contribution in [0.2, 0.25) is 0 Å². The van der Waals surface area contributed by atoms with Crippen LogP contribution in [0.3, 0.4) is 0 Å². The molecule has 0 bridgehead atoms. The first-order valence-electron chi connectivity index (χ1n) is 6.15. The fourth-order valence-electron chi connectivity index (χ4n) is 2.03. The van der Waals surface area contributed by atoms with Crippen LogP contribution in [-0.4, -0.2) is 15.8 Å². The Bertz CT molecular complexity index is 795. The van der Waals surface area contributed by atoms with Gasteiger partial charge in [-0.1, -0.05) is 34.1 Å². The third kappa shape index (κ3) is 2.32. The predicted octanol–water partition coefficient (Wildman–Crippen LogP) is 4.19. The summed E-state index contributed by atoms with van der Waals surface area (Å²) in [6.45, 7) is 1.98. The van der Waals surface area contributed by atoms with E-state index >= 15 is 0 Å². The third-order valence-corrected chi connectivity index (χ3v) is 3.97. The number of aromatic nitrogens is 2. The van der Waals surface area contributed by atoms with Gasteiger partial charge in [0.1, 0.15) is 0 Å². The van der Waals surface area contributed by atoms with Crippen molar-refractivity contribution >= 4 is 38.6 Å². The van der Waals surface area contributed by atoms with E-state index in [2.05, 4.69) is 26.3 Å². The van der Waals surface area contributed by atoms with Crippen molar-refractivity contribution in [2.24, 2.45) is 0 Å². The topological polar surface area (TPSA) is 46.9 Å². The summed E-state index contributed by atoms with van der Waals surface area (Å²) in [4.78, 5) is 12.3. The summed E-state index contributed by atoms with van der Waals surface area (Å²) in [5, 5.41) is 7.91. The number of fused-ring (bicyclic) bond motifs is 1. The molecular formula is C15H12BrN3O. The Kier molecular flexibility index (Phi) is 3.28. The Morgan fingerprint density at radius 2 is 2.05 bits per heavy atom. The summed E-state index contributed by atoms with van der Waals surface area (Å²) in [6, 6.07) is 13.0. The molecule has 0 unspecified atom stereocenters. The molecule has 0 aliphatic rings. The Morgan fingerprint density at radius 1 is 1.25 bits per heavy atom. The molecule has 0 saturated heterocycles. The second-order valence-electron chi connectivity index (χ2n) is 4.51. The molecule has 4 nitrogen and oxygen atoms in total. The van der Waals surface area contributed by atoms with Gasteiger partial charge in [0.05, 0.1) is 11.7 Å². The molecule has 0 fully saturated rings. The first-order chi connectivity index (χ1) is 9.65. The fourth-order valence-corrected chi connectivity index (χ4v) is 2.28. The van der Waals surface area contributed by atoms with Gasteiger partial charge >= 0.3 is 6.03 Å². The average molecular weight is 330 g/mol. The first kappa shape index (κ1) is 12.9. The van der Waals surface area contributed by atoms with Crippen LogP contribution in [0.25, 0.3) is 10.9 Å². The van der Waals surface area contributed by atoms with Crippen LogP contribution in [-0.2, 0) is 0 Å². The van der Waals surface area contributed by atoms with Gasteiger partial charge in [-0.15, -0.1) is 0 Å². The van der Waals surface area contributed by atoms with Gasteiger partial charge in [-0.3, -0.25) is 0 Å². The van der Waals surface area contributed by atoms with Crippen LogP contribution in [0, 0.1) is 6.92 Å². The van der Waals surface area contributed by atoms with Crippen molar-refractivity contribution in [2.75, 3.05) is 5.32 Å². The second kappa shape index (κ2) is 5.09. The highest BCUT2D eigenvalue weighted by Crippen LogP contribution is 2.20. The molecule has 1 N–H and O–H groups in total. The van der Waals surface area contributed by atoms with Gasteiger partial charge in [-0.2, -0.15) is 9.78 Å². The number of rotatable bonds is 1. The summed E-state index contributed by atoms with van der Waals surface area (Å²) in [7, 11) is 0. The number of nitrogens with zero attached hydrogens (tertiary/aromatic N) is 2. The maximum Gasteiger partial charge on any atom is 0.347 e. The van der Waals surface area contributed by atoms with Crippen LogP contribution in [0.1, 0.15) is 5.56 Å². The maximum atomic E-state index is 12.3. The highest BCUT2D eigenvalue weighted by molar-refractivity contribution is 9.10. The van der Waals surface area contributed by atoms with Crippen molar-refractivity contribution in [1.82, 2.24) is 9.78 Å². The van der Waals surface area contributed by atoms with Gasteiger partial charge in [-0.25, -0.2) is 4.79 Å². The normalized spacial score (nSPS) is 10.7. The van der Waals surface area contributed by atoms with Crippen LogP contribution >= 0.6 is 15.9 Å². The predicted molar refractivity (Wildman–Crippen MR) is 83.0 cm³/mol. The molecule has 1 amide bonds. The average Bonchev–Trinajstić information content (AvgIpc) is 2.87. The quantitative estimate of drug-likeness (QED) is 0.727. The van der Waals surface area contributed by atoms with Gasteiger partial charge < -0.3 is 5.32 Å². The van der Waals surface area contributed by atoms with E-state index in [0.29, 0.717) is 0 Å². The largest absolute Gasteiger partial charge is 0.347 e. The molecule has 3 aromatic rings. The van der Waals surface area contributed by atoms with Crippen LogP contribution in [0.4, 0.5) is 10.5 Å². The molecule has 1 aromatic heterocycles. The minimum absolute atomic E-state index is 0.270. The molecule has 5 heteroatoms. The van der Waals surface area contributed by atoms with Crippen molar-refractivity contribution in [3.63, 3.8) is 0 Å². The van der Waals surface area contributed by atoms with E-state index in [1.54, 1.807) is 6.20 Å². The standard InChI is InChI=1S/C15H12BrN3O/c1-10-8-12(6-7-13(10)16)18-15(20)19-14-5-3-2-4-11(14)9-17-19/h2-9H,1H3,(H,18,20). The number of hydrogen-bond donors (Lipinski definition) is 1. The van der Waals surface area contributed by atoms with E-state index in [9.17, 15) is 4.79 Å². The minimum Gasteiger partial charge on any atom is -0.306 e. The van der Waals surface area contributed by atoms with E-state index in [-0.39, 0.29) is 6.03 Å². The van der Waals surface area contributed by atoms with Crippen LogP contribution < -0.4 is 5.32 Å². The summed E-state index contributed by atoms with van der Waals surface area (Å²) in [5.74, 6) is 0. The van der Waals surface area contributed by atoms with Crippen molar-refractivity contribution < 1.29 is 4.79 Å². The number of hydrogen-bond acceptors (Lipinski definition) is 2. The summed E-state index contributed by atoms with van der Waals surface area (Å²) >= 11 is 3.44. The molecule has 0 atom stereocenters. The lowest BCUT2D eigenvalue weighted by atomic mass is 10.2. The zero-order chi connectivity index (χ0) is 14.1. The molecule has 0 aliphatic carbocycles. The van der Waals surface area contributed by atoms with E-state index in [1.807, 2.05) is 49.4 Å². The van der Waals surface area contributed by atoms with Crippen molar-refractivity contribution in [3.8, 4) is 0 Å². The number of para-hydroxylation sites is 1. The molecule has 20 heavy (non-hydrogen) atoms. The molecular weight excluding hydrogens is 318 g/mol. The molecule has 0 aliphatic heterocycles. The zero-order valence-corrected chi connectivity index (χ0v) is 12.4. The highest BCUT2D eigenvalue weighted by atomic mass is 79.9. The van der Waals surface area contributed by atoms with Gasteiger partial charge in [0.2, 0.25) is 0 Å². The number of amides is 1. The number of nitrogens with one attached hydrogen (secondary N) is 1. The molecule has 0 spiro atoms. The monoisotopic (exact) mass is 329 g/mol. The van der Waals surface area contributed by atoms with Gasteiger partial charge in [-0.05, 0) is 36.8 Å². The number of aryl methyl sites for hydroxylation is 1. The van der Waals surface area contributed by atoms with E-state index < -0.39 is 0 Å². The molecule has 0 radical (unpaired) electrons. The maximum absolute atomic E-state index is 12.3. The van der Waals surface area contributed by atoms with Gasteiger partial charge in [0, 0.05) is 15.5 Å².